The molecule has 26 heavy (non-hydrogen) atoms. The average Bonchev–Trinajstić information content (AvgIpc) is 3.05. The van der Waals surface area contributed by atoms with Crippen LogP contribution >= 0.6 is 0 Å². The highest BCUT2D eigenvalue weighted by atomic mass is 19.4. The third kappa shape index (κ3) is 2.86. The summed E-state index contributed by atoms with van der Waals surface area (Å²) in [7, 11) is 0. The summed E-state index contributed by atoms with van der Waals surface area (Å²) in [4.78, 5) is 4.15. The molecule has 3 aromatic carbocycles. The van der Waals surface area contributed by atoms with E-state index in [2.05, 4.69) is 11.1 Å². The Morgan fingerprint density at radius 3 is 2.46 bits per heavy atom. The number of imidazole rings is 1. The number of aryl methyl sites for hydroxylation is 1. The summed E-state index contributed by atoms with van der Waals surface area (Å²) in [5.74, 6) is 0. The Bertz CT molecular complexity index is 1090. The van der Waals surface area contributed by atoms with Crippen molar-refractivity contribution < 1.29 is 13.2 Å². The van der Waals surface area contributed by atoms with Gasteiger partial charge in [-0.25, -0.2) is 4.98 Å². The zero-order valence-corrected chi connectivity index (χ0v) is 14.0. The Kier molecular flexibility index (Phi) is 3.80. The number of benzene rings is 3. The lowest BCUT2D eigenvalue weighted by molar-refractivity contribution is -0.137. The van der Waals surface area contributed by atoms with Crippen LogP contribution in [0.15, 0.2) is 73.1 Å². The summed E-state index contributed by atoms with van der Waals surface area (Å²) in [6, 6.07) is 19.6. The summed E-state index contributed by atoms with van der Waals surface area (Å²) in [6.45, 7) is 2.05. The second kappa shape index (κ2) is 6.02. The predicted octanol–water partition coefficient (Wildman–Crippen LogP) is 6.02. The first kappa shape index (κ1) is 16.4. The molecule has 130 valence electrons. The van der Waals surface area contributed by atoms with Crippen LogP contribution in [0, 0.1) is 6.92 Å². The van der Waals surface area contributed by atoms with Crippen LogP contribution < -0.4 is 0 Å². The zero-order chi connectivity index (χ0) is 18.3. The van der Waals surface area contributed by atoms with E-state index in [9.17, 15) is 13.2 Å². The van der Waals surface area contributed by atoms with Gasteiger partial charge in [-0.05, 0) is 53.9 Å². The molecule has 0 atom stereocenters. The van der Waals surface area contributed by atoms with Crippen molar-refractivity contribution in [3.8, 4) is 16.8 Å². The van der Waals surface area contributed by atoms with Crippen LogP contribution in [-0.2, 0) is 6.18 Å². The number of nitrogens with zero attached hydrogens (tertiary/aromatic N) is 2. The largest absolute Gasteiger partial charge is 0.416 e. The van der Waals surface area contributed by atoms with Crippen LogP contribution in [-0.4, -0.2) is 9.55 Å². The number of hydrogen-bond donors (Lipinski definition) is 0. The number of halogens is 3. The third-order valence-corrected chi connectivity index (χ3v) is 4.45. The Morgan fingerprint density at radius 1 is 0.885 bits per heavy atom. The highest BCUT2D eigenvalue weighted by Crippen LogP contribution is 2.32. The fourth-order valence-electron chi connectivity index (χ4n) is 3.11. The van der Waals surface area contributed by atoms with Gasteiger partial charge < -0.3 is 0 Å². The van der Waals surface area contributed by atoms with E-state index in [1.807, 2.05) is 49.4 Å². The molecule has 1 heterocycles. The third-order valence-electron chi connectivity index (χ3n) is 4.45. The van der Waals surface area contributed by atoms with Gasteiger partial charge in [-0.15, -0.1) is 0 Å². The number of hydrogen-bond acceptors (Lipinski definition) is 1. The van der Waals surface area contributed by atoms with Crippen LogP contribution in [0.3, 0.4) is 0 Å². The van der Waals surface area contributed by atoms with E-state index in [1.54, 1.807) is 10.9 Å². The SMILES string of the molecule is Cc1ccccc1-c1cccc(-n2cnc3cc(C(F)(F)F)ccc32)c1. The molecule has 0 saturated heterocycles. The van der Waals surface area contributed by atoms with Crippen LogP contribution in [0.2, 0.25) is 0 Å². The number of alkyl halides is 3. The van der Waals surface area contributed by atoms with Crippen molar-refractivity contribution in [3.05, 3.63) is 84.2 Å². The molecule has 0 aliphatic heterocycles. The van der Waals surface area contributed by atoms with Gasteiger partial charge in [0.25, 0.3) is 0 Å². The normalized spacial score (nSPS) is 11.8. The first-order chi connectivity index (χ1) is 12.4. The fraction of sp³-hybridized carbons (Fsp3) is 0.0952. The number of rotatable bonds is 2. The molecule has 0 aliphatic rings. The van der Waals surface area contributed by atoms with E-state index in [0.29, 0.717) is 11.0 Å². The van der Waals surface area contributed by atoms with E-state index >= 15 is 0 Å². The lowest BCUT2D eigenvalue weighted by Gasteiger charge is -2.10. The van der Waals surface area contributed by atoms with Crippen molar-refractivity contribution in [1.82, 2.24) is 9.55 Å². The quantitative estimate of drug-likeness (QED) is 0.431. The van der Waals surface area contributed by atoms with Gasteiger partial charge in [0.15, 0.2) is 0 Å². The van der Waals surface area contributed by atoms with E-state index in [4.69, 9.17) is 0 Å². The van der Waals surface area contributed by atoms with Crippen molar-refractivity contribution in [2.75, 3.05) is 0 Å². The van der Waals surface area contributed by atoms with Gasteiger partial charge in [0.05, 0.1) is 16.6 Å². The second-order valence-electron chi connectivity index (χ2n) is 6.18. The fourth-order valence-corrected chi connectivity index (χ4v) is 3.11. The molecule has 0 saturated carbocycles. The van der Waals surface area contributed by atoms with Gasteiger partial charge in [-0.2, -0.15) is 13.2 Å². The summed E-state index contributed by atoms with van der Waals surface area (Å²) in [5, 5.41) is 0. The average molecular weight is 352 g/mol. The van der Waals surface area contributed by atoms with Crippen molar-refractivity contribution >= 4 is 11.0 Å². The van der Waals surface area contributed by atoms with E-state index in [0.717, 1.165) is 34.5 Å². The standard InChI is InChI=1S/C21H15F3N2/c1-14-5-2-3-8-18(14)15-6-4-7-17(11-15)26-13-25-19-12-16(21(22,23)24)9-10-20(19)26/h2-13H,1H3. The zero-order valence-electron chi connectivity index (χ0n) is 14.0. The monoisotopic (exact) mass is 352 g/mol. The van der Waals surface area contributed by atoms with Crippen LogP contribution in [0.1, 0.15) is 11.1 Å². The Morgan fingerprint density at radius 2 is 1.69 bits per heavy atom. The Balaban J connectivity index is 1.81. The van der Waals surface area contributed by atoms with Gasteiger partial charge >= 0.3 is 6.18 Å². The lowest BCUT2D eigenvalue weighted by atomic mass is 10.0. The number of aromatic nitrogens is 2. The molecule has 1 aromatic heterocycles. The van der Waals surface area contributed by atoms with Crippen molar-refractivity contribution in [1.29, 1.82) is 0 Å². The van der Waals surface area contributed by atoms with Crippen molar-refractivity contribution in [2.24, 2.45) is 0 Å². The summed E-state index contributed by atoms with van der Waals surface area (Å²) in [5.41, 5.74) is 4.46. The van der Waals surface area contributed by atoms with Crippen LogP contribution in [0.5, 0.6) is 0 Å². The molecule has 0 amide bonds. The maximum Gasteiger partial charge on any atom is 0.416 e. The molecule has 0 unspecified atom stereocenters. The Hall–Kier alpha value is -3.08. The summed E-state index contributed by atoms with van der Waals surface area (Å²) >= 11 is 0. The molecule has 5 heteroatoms. The lowest BCUT2D eigenvalue weighted by Crippen LogP contribution is -2.04. The minimum Gasteiger partial charge on any atom is -0.299 e. The molecule has 0 N–H and O–H groups in total. The Labute approximate surface area is 148 Å². The predicted molar refractivity (Wildman–Crippen MR) is 96.2 cm³/mol. The molecule has 2 nitrogen and oxygen atoms in total. The molecular weight excluding hydrogens is 337 g/mol. The maximum absolute atomic E-state index is 12.9. The minimum absolute atomic E-state index is 0.320. The van der Waals surface area contributed by atoms with Gasteiger partial charge in [0.1, 0.15) is 6.33 Å². The first-order valence-corrected chi connectivity index (χ1v) is 8.14. The number of fused-ring (bicyclic) bond motifs is 1. The summed E-state index contributed by atoms with van der Waals surface area (Å²) < 4.78 is 40.5. The molecule has 0 radical (unpaired) electrons. The minimum atomic E-state index is -4.37. The maximum atomic E-state index is 12.9. The second-order valence-corrected chi connectivity index (χ2v) is 6.18. The molecule has 0 aliphatic carbocycles. The molecule has 0 bridgehead atoms. The van der Waals surface area contributed by atoms with Gasteiger partial charge in [-0.3, -0.25) is 4.57 Å². The van der Waals surface area contributed by atoms with E-state index in [-0.39, 0.29) is 0 Å². The molecular formula is C21H15F3N2. The van der Waals surface area contributed by atoms with E-state index < -0.39 is 11.7 Å². The van der Waals surface area contributed by atoms with Crippen LogP contribution in [0.25, 0.3) is 27.8 Å². The first-order valence-electron chi connectivity index (χ1n) is 8.14. The van der Waals surface area contributed by atoms with Gasteiger partial charge in [0.2, 0.25) is 0 Å². The van der Waals surface area contributed by atoms with Gasteiger partial charge in [-0.1, -0.05) is 36.4 Å². The highest BCUT2D eigenvalue weighted by molar-refractivity contribution is 5.79. The van der Waals surface area contributed by atoms with Crippen molar-refractivity contribution in [2.45, 2.75) is 13.1 Å². The summed E-state index contributed by atoms with van der Waals surface area (Å²) in [6.07, 6.45) is -2.81. The smallest absolute Gasteiger partial charge is 0.299 e. The van der Waals surface area contributed by atoms with E-state index in [1.165, 1.54) is 6.07 Å². The molecule has 0 fully saturated rings. The molecule has 0 spiro atoms. The molecule has 4 rings (SSSR count). The van der Waals surface area contributed by atoms with Crippen LogP contribution in [0.4, 0.5) is 13.2 Å². The van der Waals surface area contributed by atoms with Crippen molar-refractivity contribution in [3.63, 3.8) is 0 Å². The highest BCUT2D eigenvalue weighted by Gasteiger charge is 2.30. The topological polar surface area (TPSA) is 17.8 Å². The molecule has 4 aromatic rings. The van der Waals surface area contributed by atoms with Gasteiger partial charge in [0, 0.05) is 5.69 Å².